The highest BCUT2D eigenvalue weighted by Crippen LogP contribution is 2.05. The zero-order chi connectivity index (χ0) is 12.7. The first-order valence-corrected chi connectivity index (χ1v) is 6.56. The molecule has 0 aromatic carbocycles. The Morgan fingerprint density at radius 1 is 1.44 bits per heavy atom. The van der Waals surface area contributed by atoms with Crippen molar-refractivity contribution in [3.05, 3.63) is 0 Å². The van der Waals surface area contributed by atoms with Gasteiger partial charge in [0.05, 0.1) is 6.04 Å². The average molecular weight is 248 g/mol. The fourth-order valence-corrected chi connectivity index (χ4v) is 1.73. The summed E-state index contributed by atoms with van der Waals surface area (Å²) in [5, 5.41) is 8.70. The van der Waals surface area contributed by atoms with Gasteiger partial charge in [0.1, 0.15) is 6.54 Å². The summed E-state index contributed by atoms with van der Waals surface area (Å²) in [5.41, 5.74) is 5.72. The molecule has 0 saturated carbocycles. The minimum atomic E-state index is -1.01. The standard InChI is InChI=1S/C10H20N2O3S/c1-7(2)12(6-9(13)14)10(15)8(11)4-5-16-3/h7-8H,4-6,11H2,1-3H3,(H,13,14)/t8-/m1/s1. The number of nitrogens with two attached hydrogens (primary N) is 1. The molecule has 0 spiro atoms. The van der Waals surface area contributed by atoms with Crippen LogP contribution in [0, 0.1) is 0 Å². The Balaban J connectivity index is 4.42. The average Bonchev–Trinajstić information content (AvgIpc) is 2.20. The Bertz CT molecular complexity index is 246. The molecule has 0 aliphatic rings. The molecule has 3 N–H and O–H groups in total. The van der Waals surface area contributed by atoms with E-state index in [1.54, 1.807) is 25.6 Å². The minimum absolute atomic E-state index is 0.149. The lowest BCUT2D eigenvalue weighted by Gasteiger charge is -2.27. The summed E-state index contributed by atoms with van der Waals surface area (Å²) >= 11 is 1.61. The van der Waals surface area contributed by atoms with E-state index < -0.39 is 12.0 Å². The van der Waals surface area contributed by atoms with E-state index in [4.69, 9.17) is 10.8 Å². The summed E-state index contributed by atoms with van der Waals surface area (Å²) in [6.07, 6.45) is 2.51. The van der Waals surface area contributed by atoms with Crippen molar-refractivity contribution in [2.75, 3.05) is 18.6 Å². The van der Waals surface area contributed by atoms with Gasteiger partial charge in [-0.3, -0.25) is 9.59 Å². The highest BCUT2D eigenvalue weighted by molar-refractivity contribution is 7.98. The van der Waals surface area contributed by atoms with E-state index >= 15 is 0 Å². The number of carbonyl (C=O) groups excluding carboxylic acids is 1. The Kier molecular flexibility index (Phi) is 7.16. The lowest BCUT2D eigenvalue weighted by molar-refractivity contribution is -0.146. The molecule has 94 valence electrons. The largest absolute Gasteiger partial charge is 0.480 e. The number of aliphatic carboxylic acids is 1. The number of hydrogen-bond acceptors (Lipinski definition) is 4. The highest BCUT2D eigenvalue weighted by atomic mass is 32.2. The topological polar surface area (TPSA) is 83.6 Å². The molecule has 0 aromatic rings. The quantitative estimate of drug-likeness (QED) is 0.681. The van der Waals surface area contributed by atoms with Crippen molar-refractivity contribution in [1.29, 1.82) is 0 Å². The molecule has 0 unspecified atom stereocenters. The van der Waals surface area contributed by atoms with Gasteiger partial charge in [0.2, 0.25) is 5.91 Å². The van der Waals surface area contributed by atoms with E-state index in [9.17, 15) is 9.59 Å². The van der Waals surface area contributed by atoms with Gasteiger partial charge in [0.25, 0.3) is 0 Å². The van der Waals surface area contributed by atoms with Crippen molar-refractivity contribution in [3.63, 3.8) is 0 Å². The molecule has 16 heavy (non-hydrogen) atoms. The molecule has 1 amide bonds. The van der Waals surface area contributed by atoms with Crippen LogP contribution in [0.1, 0.15) is 20.3 Å². The van der Waals surface area contributed by atoms with Gasteiger partial charge < -0.3 is 15.7 Å². The number of carboxylic acids is 1. The molecule has 6 heteroatoms. The second-order valence-corrected chi connectivity index (χ2v) is 4.83. The molecule has 5 nitrogen and oxygen atoms in total. The smallest absolute Gasteiger partial charge is 0.323 e. The van der Waals surface area contributed by atoms with Gasteiger partial charge in [0.15, 0.2) is 0 Å². The molecule has 0 bridgehead atoms. The first-order chi connectivity index (χ1) is 7.40. The molecule has 0 aromatic heterocycles. The molecule has 0 radical (unpaired) electrons. The third kappa shape index (κ3) is 5.37. The molecular weight excluding hydrogens is 228 g/mol. The van der Waals surface area contributed by atoms with Crippen LogP contribution < -0.4 is 5.73 Å². The predicted octanol–water partition coefficient (Wildman–Crippen LogP) is 0.388. The van der Waals surface area contributed by atoms with E-state index in [2.05, 4.69) is 0 Å². The lowest BCUT2D eigenvalue weighted by atomic mass is 10.2. The molecule has 0 fully saturated rings. The normalized spacial score (nSPS) is 12.6. The summed E-state index contributed by atoms with van der Waals surface area (Å²) in [6, 6.07) is -0.752. The van der Waals surface area contributed by atoms with Crippen molar-refractivity contribution in [3.8, 4) is 0 Å². The van der Waals surface area contributed by atoms with Gasteiger partial charge in [-0.15, -0.1) is 0 Å². The van der Waals surface area contributed by atoms with Crippen LogP contribution in [0.2, 0.25) is 0 Å². The highest BCUT2D eigenvalue weighted by Gasteiger charge is 2.24. The Morgan fingerprint density at radius 2 is 2.00 bits per heavy atom. The van der Waals surface area contributed by atoms with Gasteiger partial charge in [-0.05, 0) is 32.3 Å². The molecule has 0 heterocycles. The second-order valence-electron chi connectivity index (χ2n) is 3.84. The van der Waals surface area contributed by atoms with Crippen molar-refractivity contribution in [2.45, 2.75) is 32.4 Å². The number of nitrogens with zero attached hydrogens (tertiary/aromatic N) is 1. The minimum Gasteiger partial charge on any atom is -0.480 e. The third-order valence-corrected chi connectivity index (χ3v) is 2.81. The number of hydrogen-bond donors (Lipinski definition) is 2. The third-order valence-electron chi connectivity index (χ3n) is 2.16. The first-order valence-electron chi connectivity index (χ1n) is 5.17. The van der Waals surface area contributed by atoms with E-state index in [1.165, 1.54) is 4.90 Å². The SMILES string of the molecule is CSCC[C@@H](N)C(=O)N(CC(=O)O)C(C)C. The molecule has 0 saturated heterocycles. The zero-order valence-electron chi connectivity index (χ0n) is 9.97. The van der Waals surface area contributed by atoms with E-state index in [1.807, 2.05) is 6.26 Å². The summed E-state index contributed by atoms with van der Waals surface area (Å²) in [4.78, 5) is 23.8. The van der Waals surface area contributed by atoms with Crippen LogP contribution in [0.3, 0.4) is 0 Å². The van der Waals surface area contributed by atoms with Crippen LogP contribution >= 0.6 is 11.8 Å². The predicted molar refractivity (Wildman–Crippen MR) is 65.5 cm³/mol. The van der Waals surface area contributed by atoms with Crippen LogP contribution in [0.25, 0.3) is 0 Å². The fraction of sp³-hybridized carbons (Fsp3) is 0.800. The van der Waals surface area contributed by atoms with Crippen molar-refractivity contribution < 1.29 is 14.7 Å². The Morgan fingerprint density at radius 3 is 2.38 bits per heavy atom. The molecule has 1 atom stereocenters. The van der Waals surface area contributed by atoms with Gasteiger partial charge in [-0.2, -0.15) is 11.8 Å². The first kappa shape index (κ1) is 15.2. The maximum Gasteiger partial charge on any atom is 0.323 e. The van der Waals surface area contributed by atoms with Crippen LogP contribution in [-0.4, -0.2) is 52.5 Å². The number of carboxylic acid groups (broad SMARTS) is 1. The Hall–Kier alpha value is -0.750. The summed E-state index contributed by atoms with van der Waals surface area (Å²) < 4.78 is 0. The van der Waals surface area contributed by atoms with Crippen LogP contribution in [0.15, 0.2) is 0 Å². The summed E-state index contributed by atoms with van der Waals surface area (Å²) in [6.45, 7) is 3.27. The fourth-order valence-electron chi connectivity index (χ4n) is 1.24. The summed E-state index contributed by atoms with van der Waals surface area (Å²) in [5.74, 6) is -0.503. The molecule has 0 aliphatic carbocycles. The van der Waals surface area contributed by atoms with Gasteiger partial charge in [0, 0.05) is 6.04 Å². The number of thioether (sulfide) groups is 1. The van der Waals surface area contributed by atoms with Crippen LogP contribution in [0.4, 0.5) is 0 Å². The number of carbonyl (C=O) groups is 2. The Labute approximate surface area is 100 Å². The molecular formula is C10H20N2O3S. The maximum atomic E-state index is 11.9. The van der Waals surface area contributed by atoms with Gasteiger partial charge in [-0.25, -0.2) is 0 Å². The number of rotatable bonds is 7. The molecule has 0 rings (SSSR count). The van der Waals surface area contributed by atoms with E-state index in [-0.39, 0.29) is 18.5 Å². The van der Waals surface area contributed by atoms with Gasteiger partial charge in [-0.1, -0.05) is 0 Å². The van der Waals surface area contributed by atoms with Gasteiger partial charge >= 0.3 is 5.97 Å². The van der Waals surface area contributed by atoms with Crippen molar-refractivity contribution in [2.24, 2.45) is 5.73 Å². The summed E-state index contributed by atoms with van der Waals surface area (Å²) in [7, 11) is 0. The van der Waals surface area contributed by atoms with Crippen LogP contribution in [-0.2, 0) is 9.59 Å². The maximum absolute atomic E-state index is 11.9. The van der Waals surface area contributed by atoms with E-state index in [0.29, 0.717) is 6.42 Å². The van der Waals surface area contributed by atoms with Crippen molar-refractivity contribution in [1.82, 2.24) is 4.90 Å². The number of amides is 1. The zero-order valence-corrected chi connectivity index (χ0v) is 10.8. The second kappa shape index (κ2) is 7.51. The van der Waals surface area contributed by atoms with Crippen LogP contribution in [0.5, 0.6) is 0 Å². The molecule has 0 aliphatic heterocycles. The lowest BCUT2D eigenvalue weighted by Crippen LogP contribution is -2.49. The monoisotopic (exact) mass is 248 g/mol. The van der Waals surface area contributed by atoms with E-state index in [0.717, 1.165) is 5.75 Å². The van der Waals surface area contributed by atoms with Crippen molar-refractivity contribution >= 4 is 23.6 Å².